The maximum absolute atomic E-state index is 5.67. The van der Waals surface area contributed by atoms with Crippen molar-refractivity contribution >= 4 is 0 Å². The van der Waals surface area contributed by atoms with Crippen molar-refractivity contribution in [1.82, 2.24) is 20.2 Å². The monoisotopic (exact) mass is 261 g/mol. The first-order valence-corrected chi connectivity index (χ1v) is 6.25. The minimum absolute atomic E-state index is 0.0642. The zero-order valence-corrected chi connectivity index (χ0v) is 11.2. The van der Waals surface area contributed by atoms with Crippen molar-refractivity contribution in [3.05, 3.63) is 42.0 Å². The Balaban J connectivity index is 2.25. The number of benzene rings is 1. The van der Waals surface area contributed by atoms with Crippen LogP contribution in [0, 0.1) is 0 Å². The summed E-state index contributed by atoms with van der Waals surface area (Å²) in [5, 5.41) is 4.16. The maximum Gasteiger partial charge on any atom is 0.138 e. The molecule has 1 atom stereocenters. The third-order valence-electron chi connectivity index (χ3n) is 3.10. The molecule has 102 valence electrons. The summed E-state index contributed by atoms with van der Waals surface area (Å²) in [7, 11) is 1.65. The standard InChI is InChI=1S/C13H19N5O/c1-3-18-13(15-9-16-18)8-11(17-14)10-6-4-5-7-12(10)19-2/h4-7,9,11,17H,3,8,14H2,1-2H3. The molecule has 0 saturated heterocycles. The van der Waals surface area contributed by atoms with Crippen LogP contribution in [0.3, 0.4) is 0 Å². The van der Waals surface area contributed by atoms with E-state index in [0.717, 1.165) is 23.7 Å². The number of aromatic nitrogens is 3. The minimum Gasteiger partial charge on any atom is -0.496 e. The van der Waals surface area contributed by atoms with Gasteiger partial charge >= 0.3 is 0 Å². The number of hydrazine groups is 1. The van der Waals surface area contributed by atoms with Gasteiger partial charge in [0.2, 0.25) is 0 Å². The van der Waals surface area contributed by atoms with Crippen LogP contribution in [0.25, 0.3) is 0 Å². The summed E-state index contributed by atoms with van der Waals surface area (Å²) in [4.78, 5) is 4.27. The smallest absolute Gasteiger partial charge is 0.138 e. The third-order valence-corrected chi connectivity index (χ3v) is 3.10. The molecule has 1 heterocycles. The van der Waals surface area contributed by atoms with Crippen LogP contribution >= 0.6 is 0 Å². The van der Waals surface area contributed by atoms with Crippen LogP contribution in [0.5, 0.6) is 5.75 Å². The molecular formula is C13H19N5O. The molecule has 0 aliphatic carbocycles. The maximum atomic E-state index is 5.67. The quantitative estimate of drug-likeness (QED) is 0.600. The number of methoxy groups -OCH3 is 1. The Morgan fingerprint density at radius 1 is 1.42 bits per heavy atom. The average Bonchev–Trinajstić information content (AvgIpc) is 2.92. The summed E-state index contributed by atoms with van der Waals surface area (Å²) in [6.45, 7) is 2.82. The van der Waals surface area contributed by atoms with E-state index in [-0.39, 0.29) is 6.04 Å². The molecule has 1 unspecified atom stereocenters. The number of aryl methyl sites for hydroxylation is 1. The van der Waals surface area contributed by atoms with Crippen molar-refractivity contribution in [2.45, 2.75) is 25.9 Å². The van der Waals surface area contributed by atoms with Crippen LogP contribution in [0.15, 0.2) is 30.6 Å². The summed E-state index contributed by atoms with van der Waals surface area (Å²) in [5.41, 5.74) is 3.83. The van der Waals surface area contributed by atoms with Gasteiger partial charge in [0.05, 0.1) is 13.2 Å². The Kier molecular flexibility index (Phi) is 4.48. The summed E-state index contributed by atoms with van der Waals surface area (Å²) in [6.07, 6.45) is 2.22. The molecule has 2 aromatic rings. The fraction of sp³-hybridized carbons (Fsp3) is 0.385. The molecule has 0 saturated carbocycles. The summed E-state index contributed by atoms with van der Waals surface area (Å²) in [5.74, 6) is 7.39. The van der Waals surface area contributed by atoms with Gasteiger partial charge in [-0.15, -0.1) is 0 Å². The van der Waals surface area contributed by atoms with Gasteiger partial charge in [-0.3, -0.25) is 16.0 Å². The topological polar surface area (TPSA) is 78.0 Å². The molecule has 1 aromatic heterocycles. The Morgan fingerprint density at radius 3 is 2.89 bits per heavy atom. The van der Waals surface area contributed by atoms with Crippen LogP contribution in [-0.2, 0) is 13.0 Å². The number of hydrogen-bond acceptors (Lipinski definition) is 5. The van der Waals surface area contributed by atoms with Gasteiger partial charge in [-0.1, -0.05) is 18.2 Å². The molecule has 0 aliphatic heterocycles. The third kappa shape index (κ3) is 2.91. The molecule has 0 amide bonds. The molecule has 0 radical (unpaired) electrons. The van der Waals surface area contributed by atoms with E-state index < -0.39 is 0 Å². The van der Waals surface area contributed by atoms with Gasteiger partial charge in [0.1, 0.15) is 17.9 Å². The molecule has 0 bridgehead atoms. The molecule has 0 spiro atoms. The summed E-state index contributed by atoms with van der Waals surface area (Å²) < 4.78 is 7.23. The number of nitrogens with two attached hydrogens (primary N) is 1. The predicted molar refractivity (Wildman–Crippen MR) is 72.5 cm³/mol. The Labute approximate surface area is 112 Å². The highest BCUT2D eigenvalue weighted by molar-refractivity contribution is 5.36. The SMILES string of the molecule is CCn1ncnc1CC(NN)c1ccccc1OC. The number of nitrogens with one attached hydrogen (secondary N) is 1. The summed E-state index contributed by atoms with van der Waals surface area (Å²) in [6, 6.07) is 7.75. The van der Waals surface area contributed by atoms with Gasteiger partial charge in [0, 0.05) is 18.5 Å². The molecule has 2 rings (SSSR count). The van der Waals surface area contributed by atoms with Gasteiger partial charge in [-0.05, 0) is 13.0 Å². The van der Waals surface area contributed by atoms with E-state index in [0.29, 0.717) is 6.42 Å². The lowest BCUT2D eigenvalue weighted by molar-refractivity contribution is 0.397. The first kappa shape index (κ1) is 13.5. The van der Waals surface area contributed by atoms with Gasteiger partial charge in [-0.2, -0.15) is 5.10 Å². The normalized spacial score (nSPS) is 12.4. The van der Waals surface area contributed by atoms with E-state index in [1.165, 1.54) is 0 Å². The Bertz CT molecular complexity index is 525. The van der Waals surface area contributed by atoms with Crippen LogP contribution < -0.4 is 16.0 Å². The van der Waals surface area contributed by atoms with Crippen molar-refractivity contribution in [3.63, 3.8) is 0 Å². The van der Waals surface area contributed by atoms with E-state index in [4.69, 9.17) is 10.6 Å². The number of para-hydroxylation sites is 1. The van der Waals surface area contributed by atoms with Crippen LogP contribution in [0.4, 0.5) is 0 Å². The summed E-state index contributed by atoms with van der Waals surface area (Å²) >= 11 is 0. The molecule has 0 aliphatic rings. The van der Waals surface area contributed by atoms with Crippen molar-refractivity contribution in [3.8, 4) is 5.75 Å². The molecular weight excluding hydrogens is 242 g/mol. The molecule has 1 aromatic carbocycles. The number of nitrogens with zero attached hydrogens (tertiary/aromatic N) is 3. The second-order valence-electron chi connectivity index (χ2n) is 4.16. The van der Waals surface area contributed by atoms with Crippen molar-refractivity contribution in [2.24, 2.45) is 5.84 Å². The lowest BCUT2D eigenvalue weighted by Gasteiger charge is -2.18. The number of ether oxygens (including phenoxy) is 1. The largest absolute Gasteiger partial charge is 0.496 e. The molecule has 6 nitrogen and oxygen atoms in total. The number of rotatable bonds is 6. The zero-order chi connectivity index (χ0) is 13.7. The molecule has 3 N–H and O–H groups in total. The van der Waals surface area contributed by atoms with E-state index >= 15 is 0 Å². The lowest BCUT2D eigenvalue weighted by Crippen LogP contribution is -2.30. The fourth-order valence-electron chi connectivity index (χ4n) is 2.11. The average molecular weight is 261 g/mol. The van der Waals surface area contributed by atoms with Gasteiger partial charge in [-0.25, -0.2) is 4.98 Å². The minimum atomic E-state index is -0.0642. The van der Waals surface area contributed by atoms with Gasteiger partial charge in [0.25, 0.3) is 0 Å². The zero-order valence-electron chi connectivity index (χ0n) is 11.2. The van der Waals surface area contributed by atoms with Crippen molar-refractivity contribution in [2.75, 3.05) is 7.11 Å². The predicted octanol–water partition coefficient (Wildman–Crippen LogP) is 1.05. The van der Waals surface area contributed by atoms with Gasteiger partial charge < -0.3 is 4.74 Å². The van der Waals surface area contributed by atoms with Crippen molar-refractivity contribution < 1.29 is 4.74 Å². The first-order chi connectivity index (χ1) is 9.30. The highest BCUT2D eigenvalue weighted by Crippen LogP contribution is 2.26. The second-order valence-corrected chi connectivity index (χ2v) is 4.16. The lowest BCUT2D eigenvalue weighted by atomic mass is 10.0. The van der Waals surface area contributed by atoms with E-state index in [2.05, 4.69) is 15.5 Å². The van der Waals surface area contributed by atoms with E-state index in [1.54, 1.807) is 13.4 Å². The van der Waals surface area contributed by atoms with E-state index in [1.807, 2.05) is 35.9 Å². The van der Waals surface area contributed by atoms with E-state index in [9.17, 15) is 0 Å². The fourth-order valence-corrected chi connectivity index (χ4v) is 2.11. The molecule has 19 heavy (non-hydrogen) atoms. The van der Waals surface area contributed by atoms with Crippen molar-refractivity contribution in [1.29, 1.82) is 0 Å². The molecule has 0 fully saturated rings. The van der Waals surface area contributed by atoms with Crippen LogP contribution in [0.1, 0.15) is 24.4 Å². The van der Waals surface area contributed by atoms with Crippen LogP contribution in [-0.4, -0.2) is 21.9 Å². The number of hydrogen-bond donors (Lipinski definition) is 2. The first-order valence-electron chi connectivity index (χ1n) is 6.25. The Morgan fingerprint density at radius 2 is 2.21 bits per heavy atom. The Hall–Kier alpha value is -1.92. The molecule has 6 heteroatoms. The van der Waals surface area contributed by atoms with Gasteiger partial charge in [0.15, 0.2) is 0 Å². The highest BCUT2D eigenvalue weighted by atomic mass is 16.5. The highest BCUT2D eigenvalue weighted by Gasteiger charge is 2.17. The van der Waals surface area contributed by atoms with Crippen LogP contribution in [0.2, 0.25) is 0 Å². The second kappa shape index (κ2) is 6.31.